The van der Waals surface area contributed by atoms with Gasteiger partial charge in [0.25, 0.3) is 0 Å². The van der Waals surface area contributed by atoms with E-state index in [1.165, 1.54) is 19.4 Å². The van der Waals surface area contributed by atoms with Crippen molar-refractivity contribution >= 4 is 5.97 Å². The van der Waals surface area contributed by atoms with E-state index in [-0.39, 0.29) is 6.42 Å². The van der Waals surface area contributed by atoms with E-state index in [1.54, 1.807) is 6.07 Å². The van der Waals surface area contributed by atoms with Gasteiger partial charge in [0.15, 0.2) is 0 Å². The van der Waals surface area contributed by atoms with Gasteiger partial charge in [0.1, 0.15) is 0 Å². The molecule has 1 rings (SSSR count). The van der Waals surface area contributed by atoms with E-state index in [4.69, 9.17) is 9.84 Å². The number of aliphatic hydroxyl groups excluding tert-OH is 1. The molecule has 0 radical (unpaired) electrons. The molecule has 1 unspecified atom stereocenters. The fraction of sp³-hybridized carbons (Fsp3) is 0.333. The van der Waals surface area contributed by atoms with Crippen LogP contribution in [-0.2, 0) is 4.79 Å². The van der Waals surface area contributed by atoms with Gasteiger partial charge in [-0.3, -0.25) is 4.79 Å². The highest BCUT2D eigenvalue weighted by Crippen LogP contribution is 2.19. The van der Waals surface area contributed by atoms with Crippen LogP contribution in [0.5, 0.6) is 5.88 Å². The normalized spacial score (nSPS) is 12.1. The van der Waals surface area contributed by atoms with Gasteiger partial charge in [-0.2, -0.15) is 0 Å². The molecule has 0 bridgehead atoms. The number of aliphatic carboxylic acids is 1. The highest BCUT2D eigenvalue weighted by Gasteiger charge is 2.12. The SMILES string of the molecule is COc1cc(C(O)CC(=O)O)ccn1. The lowest BCUT2D eigenvalue weighted by Crippen LogP contribution is -2.05. The average molecular weight is 197 g/mol. The Kier molecular flexibility index (Phi) is 3.41. The highest BCUT2D eigenvalue weighted by molar-refractivity contribution is 5.67. The molecule has 0 amide bonds. The van der Waals surface area contributed by atoms with Gasteiger partial charge in [0, 0.05) is 12.3 Å². The van der Waals surface area contributed by atoms with Crippen molar-refractivity contribution in [3.8, 4) is 5.88 Å². The topological polar surface area (TPSA) is 79.7 Å². The monoisotopic (exact) mass is 197 g/mol. The number of aliphatic hydroxyl groups is 1. The summed E-state index contributed by atoms with van der Waals surface area (Å²) in [5, 5.41) is 17.9. The lowest BCUT2D eigenvalue weighted by Gasteiger charge is -2.08. The second kappa shape index (κ2) is 4.57. The zero-order valence-corrected chi connectivity index (χ0v) is 7.67. The smallest absolute Gasteiger partial charge is 0.306 e. The highest BCUT2D eigenvalue weighted by atomic mass is 16.5. The number of carbonyl (C=O) groups is 1. The first-order valence-corrected chi connectivity index (χ1v) is 4.03. The number of aromatic nitrogens is 1. The van der Waals surface area contributed by atoms with Crippen molar-refractivity contribution in [2.45, 2.75) is 12.5 Å². The van der Waals surface area contributed by atoms with Crippen LogP contribution in [0.3, 0.4) is 0 Å². The number of carboxylic acid groups (broad SMARTS) is 1. The maximum atomic E-state index is 10.3. The minimum atomic E-state index is -1.05. The molecular weight excluding hydrogens is 186 g/mol. The number of nitrogens with zero attached hydrogens (tertiary/aromatic N) is 1. The molecule has 5 nitrogen and oxygen atoms in total. The van der Waals surface area contributed by atoms with Crippen LogP contribution in [0.4, 0.5) is 0 Å². The fourth-order valence-electron chi connectivity index (χ4n) is 1.03. The summed E-state index contributed by atoms with van der Waals surface area (Å²) in [7, 11) is 1.45. The van der Waals surface area contributed by atoms with E-state index in [0.717, 1.165) is 0 Å². The third kappa shape index (κ3) is 2.70. The third-order valence-electron chi connectivity index (χ3n) is 1.72. The third-order valence-corrected chi connectivity index (χ3v) is 1.72. The first kappa shape index (κ1) is 10.5. The summed E-state index contributed by atoms with van der Waals surface area (Å²) in [6, 6.07) is 3.06. The summed E-state index contributed by atoms with van der Waals surface area (Å²) in [5.41, 5.74) is 0.485. The van der Waals surface area contributed by atoms with Crippen LogP contribution >= 0.6 is 0 Å². The molecule has 1 atom stereocenters. The summed E-state index contributed by atoms with van der Waals surface area (Å²) in [5.74, 6) is -0.694. The van der Waals surface area contributed by atoms with E-state index in [9.17, 15) is 9.90 Å². The van der Waals surface area contributed by atoms with Gasteiger partial charge in [-0.25, -0.2) is 4.98 Å². The largest absolute Gasteiger partial charge is 0.481 e. The van der Waals surface area contributed by atoms with Gasteiger partial charge in [0.2, 0.25) is 5.88 Å². The number of pyridine rings is 1. The summed E-state index contributed by atoms with van der Waals surface area (Å²) in [6.45, 7) is 0. The van der Waals surface area contributed by atoms with Crippen molar-refractivity contribution in [3.63, 3.8) is 0 Å². The molecule has 1 aromatic heterocycles. The van der Waals surface area contributed by atoms with E-state index >= 15 is 0 Å². The molecule has 0 spiro atoms. The Morgan fingerprint density at radius 2 is 2.43 bits per heavy atom. The van der Waals surface area contributed by atoms with Crippen LogP contribution in [0.25, 0.3) is 0 Å². The number of rotatable bonds is 4. The van der Waals surface area contributed by atoms with Crippen molar-refractivity contribution in [2.24, 2.45) is 0 Å². The standard InChI is InChI=1S/C9H11NO4/c1-14-8-4-6(2-3-10-8)7(11)5-9(12)13/h2-4,7,11H,5H2,1H3,(H,12,13). The molecule has 1 aromatic rings. The Bertz CT molecular complexity index is 326. The van der Waals surface area contributed by atoms with Gasteiger partial charge in [-0.15, -0.1) is 0 Å². The lowest BCUT2D eigenvalue weighted by atomic mass is 10.1. The molecule has 14 heavy (non-hydrogen) atoms. The number of ether oxygens (including phenoxy) is 1. The Morgan fingerprint density at radius 3 is 3.00 bits per heavy atom. The molecule has 0 aliphatic heterocycles. The Labute approximate surface area is 81.0 Å². The summed E-state index contributed by atoms with van der Waals surface area (Å²) < 4.78 is 4.84. The van der Waals surface area contributed by atoms with Crippen molar-refractivity contribution in [1.82, 2.24) is 4.98 Å². The number of hydrogen-bond acceptors (Lipinski definition) is 4. The molecule has 0 saturated heterocycles. The average Bonchev–Trinajstić information content (AvgIpc) is 2.17. The van der Waals surface area contributed by atoms with Crippen molar-refractivity contribution in [3.05, 3.63) is 23.9 Å². The van der Waals surface area contributed by atoms with Crippen molar-refractivity contribution < 1.29 is 19.7 Å². The molecule has 5 heteroatoms. The minimum absolute atomic E-state index is 0.326. The first-order chi connectivity index (χ1) is 6.63. The summed E-state index contributed by atoms with van der Waals surface area (Å²) in [6.07, 6.45) is 0.108. The van der Waals surface area contributed by atoms with Crippen LogP contribution in [0.2, 0.25) is 0 Å². The maximum Gasteiger partial charge on any atom is 0.306 e. The number of hydrogen-bond donors (Lipinski definition) is 2. The summed E-state index contributed by atoms with van der Waals surface area (Å²) >= 11 is 0. The lowest BCUT2D eigenvalue weighted by molar-refractivity contribution is -0.139. The second-order valence-electron chi connectivity index (χ2n) is 2.75. The molecule has 76 valence electrons. The van der Waals surface area contributed by atoms with Crippen LogP contribution in [0.15, 0.2) is 18.3 Å². The van der Waals surface area contributed by atoms with Gasteiger partial charge in [-0.05, 0) is 11.6 Å². The molecule has 0 aliphatic rings. The van der Waals surface area contributed by atoms with Crippen LogP contribution < -0.4 is 4.74 Å². The van der Waals surface area contributed by atoms with E-state index in [2.05, 4.69) is 4.98 Å². The molecule has 2 N–H and O–H groups in total. The van der Waals surface area contributed by atoms with E-state index in [0.29, 0.717) is 11.4 Å². The molecule has 0 aromatic carbocycles. The Morgan fingerprint density at radius 1 is 1.71 bits per heavy atom. The summed E-state index contributed by atoms with van der Waals surface area (Å²) in [4.78, 5) is 14.2. The van der Waals surface area contributed by atoms with Gasteiger partial charge < -0.3 is 14.9 Å². The Hall–Kier alpha value is -1.62. The quantitative estimate of drug-likeness (QED) is 0.738. The second-order valence-corrected chi connectivity index (χ2v) is 2.75. The Balaban J connectivity index is 2.78. The van der Waals surface area contributed by atoms with Crippen LogP contribution in [0.1, 0.15) is 18.1 Å². The predicted molar refractivity (Wildman–Crippen MR) is 48.0 cm³/mol. The zero-order chi connectivity index (χ0) is 10.6. The molecule has 0 aliphatic carbocycles. The van der Waals surface area contributed by atoms with Crippen LogP contribution in [-0.4, -0.2) is 28.3 Å². The van der Waals surface area contributed by atoms with E-state index in [1.807, 2.05) is 0 Å². The zero-order valence-electron chi connectivity index (χ0n) is 7.67. The van der Waals surface area contributed by atoms with Crippen molar-refractivity contribution in [1.29, 1.82) is 0 Å². The minimum Gasteiger partial charge on any atom is -0.481 e. The molecule has 0 saturated carbocycles. The van der Waals surface area contributed by atoms with Gasteiger partial charge in [-0.1, -0.05) is 0 Å². The fourth-order valence-corrected chi connectivity index (χ4v) is 1.03. The number of carboxylic acids is 1. The van der Waals surface area contributed by atoms with Gasteiger partial charge in [0.05, 0.1) is 19.6 Å². The van der Waals surface area contributed by atoms with Crippen LogP contribution in [0, 0.1) is 0 Å². The molecule has 1 heterocycles. The first-order valence-electron chi connectivity index (χ1n) is 4.03. The molecule has 0 fully saturated rings. The molecular formula is C9H11NO4. The van der Waals surface area contributed by atoms with Gasteiger partial charge >= 0.3 is 5.97 Å². The van der Waals surface area contributed by atoms with Crippen molar-refractivity contribution in [2.75, 3.05) is 7.11 Å². The maximum absolute atomic E-state index is 10.3. The van der Waals surface area contributed by atoms with E-state index < -0.39 is 12.1 Å². The predicted octanol–water partition coefficient (Wildman–Crippen LogP) is 0.598. The number of methoxy groups -OCH3 is 1.